The molecule has 0 spiro atoms. The van der Waals surface area contributed by atoms with Gasteiger partial charge in [0.05, 0.1) is 4.92 Å². The smallest absolute Gasteiger partial charge is 0.312 e. The van der Waals surface area contributed by atoms with Crippen LogP contribution in [-0.4, -0.2) is 13.3 Å². The maximum atomic E-state index is 10.3. The Labute approximate surface area is 75.1 Å². The van der Waals surface area contributed by atoms with Crippen LogP contribution in [0.2, 0.25) is 0 Å². The highest BCUT2D eigenvalue weighted by Gasteiger charge is 2.13. The summed E-state index contributed by atoms with van der Waals surface area (Å²) in [6.45, 7) is 0. The average Bonchev–Trinajstić information content (AvgIpc) is 2.03. The lowest BCUT2D eigenvalue weighted by molar-refractivity contribution is -0.385. The molecule has 0 saturated heterocycles. The van der Waals surface area contributed by atoms with Crippen LogP contribution in [0.1, 0.15) is 0 Å². The fraction of sp³-hybridized carbons (Fsp3) is 0. The summed E-state index contributed by atoms with van der Waals surface area (Å²) in [6, 6.07) is 5.24. The van der Waals surface area contributed by atoms with Gasteiger partial charge in [-0.3, -0.25) is 10.1 Å². The van der Waals surface area contributed by atoms with E-state index < -0.39 is 15.9 Å². The van der Waals surface area contributed by atoms with Crippen LogP contribution in [0.3, 0.4) is 0 Å². The Morgan fingerprint density at radius 3 is 2.46 bits per heavy atom. The summed E-state index contributed by atoms with van der Waals surface area (Å²) in [6.07, 6.45) is 0. The van der Waals surface area contributed by atoms with Crippen molar-refractivity contribution in [2.45, 2.75) is 0 Å². The molecule has 0 aliphatic carbocycles. The predicted molar refractivity (Wildman–Crippen MR) is 44.0 cm³/mol. The number of thiol groups is 1. The fourth-order valence-corrected chi connectivity index (χ4v) is 1.08. The highest BCUT2D eigenvalue weighted by atomic mass is 32.2. The molecule has 0 N–H and O–H groups in total. The average molecular weight is 203 g/mol. The molecule has 0 bridgehead atoms. The number of hydrogen-bond acceptors (Lipinski definition) is 5. The summed E-state index contributed by atoms with van der Waals surface area (Å²) in [7, 11) is -3.12. The van der Waals surface area contributed by atoms with Crippen molar-refractivity contribution in [3.8, 4) is 5.75 Å². The molecule has 1 aromatic rings. The van der Waals surface area contributed by atoms with Gasteiger partial charge in [-0.15, -0.1) is 0 Å². The first-order valence-corrected chi connectivity index (χ1v) is 4.26. The van der Waals surface area contributed by atoms with Gasteiger partial charge in [0, 0.05) is 6.07 Å². The molecule has 70 valence electrons. The maximum Gasteiger partial charge on any atom is 0.312 e. The van der Waals surface area contributed by atoms with Crippen LogP contribution in [0.15, 0.2) is 24.3 Å². The van der Waals surface area contributed by atoms with E-state index >= 15 is 0 Å². The zero-order chi connectivity index (χ0) is 9.84. The molecular formula is C6H5NO5S. The molecule has 0 aliphatic heterocycles. The molecule has 0 amide bonds. The molecule has 13 heavy (non-hydrogen) atoms. The minimum absolute atomic E-state index is 0.274. The minimum Gasteiger partial charge on any atom is -0.377 e. The first-order valence-electron chi connectivity index (χ1n) is 3.17. The Kier molecular flexibility index (Phi) is 2.80. The van der Waals surface area contributed by atoms with Crippen LogP contribution in [0, 0.1) is 10.1 Å². The monoisotopic (exact) mass is 203 g/mol. The maximum absolute atomic E-state index is 10.3. The van der Waals surface area contributed by atoms with E-state index in [2.05, 4.69) is 4.18 Å². The molecule has 1 aromatic carbocycles. The van der Waals surface area contributed by atoms with Crippen LogP contribution < -0.4 is 4.18 Å². The summed E-state index contributed by atoms with van der Waals surface area (Å²) in [5, 5.41) is 10.3. The topological polar surface area (TPSA) is 86.5 Å². The second kappa shape index (κ2) is 3.85. The standard InChI is InChI=1S/C6H5NO5S/c8-7(9)5-3-1-2-4-6(5)12-13(10)11/h1-4,13H. The normalized spacial score (nSPS) is 9.92. The van der Waals surface area contributed by atoms with Crippen molar-refractivity contribution in [3.05, 3.63) is 34.4 Å². The van der Waals surface area contributed by atoms with Crippen LogP contribution in [-0.2, 0) is 11.0 Å². The predicted octanol–water partition coefficient (Wildman–Crippen LogP) is 0.500. The van der Waals surface area contributed by atoms with Gasteiger partial charge in [0.2, 0.25) is 5.75 Å². The quantitative estimate of drug-likeness (QED) is 0.439. The van der Waals surface area contributed by atoms with E-state index in [-0.39, 0.29) is 11.4 Å². The molecule has 0 saturated carbocycles. The first kappa shape index (κ1) is 9.46. The summed E-state index contributed by atoms with van der Waals surface area (Å²) < 4.78 is 24.5. The van der Waals surface area contributed by atoms with E-state index in [4.69, 9.17) is 0 Å². The molecule has 0 heterocycles. The highest BCUT2D eigenvalue weighted by Crippen LogP contribution is 2.25. The Morgan fingerprint density at radius 2 is 1.92 bits per heavy atom. The van der Waals surface area contributed by atoms with Crippen molar-refractivity contribution in [3.63, 3.8) is 0 Å². The number of para-hydroxylation sites is 2. The summed E-state index contributed by atoms with van der Waals surface area (Å²) >= 11 is 0. The SMILES string of the molecule is O=[N+]([O-])c1ccccc1O[SH](=O)=O. The van der Waals surface area contributed by atoms with Crippen molar-refractivity contribution in [1.82, 2.24) is 0 Å². The van der Waals surface area contributed by atoms with E-state index in [9.17, 15) is 18.5 Å². The Morgan fingerprint density at radius 1 is 1.31 bits per heavy atom. The van der Waals surface area contributed by atoms with Gasteiger partial charge in [0.25, 0.3) is 11.0 Å². The van der Waals surface area contributed by atoms with Crippen molar-refractivity contribution >= 4 is 16.7 Å². The summed E-state index contributed by atoms with van der Waals surface area (Å²) in [4.78, 5) is 9.62. The fourth-order valence-electron chi connectivity index (χ4n) is 0.765. The van der Waals surface area contributed by atoms with E-state index in [0.717, 1.165) is 6.07 Å². The molecule has 1 rings (SSSR count). The number of rotatable bonds is 3. The molecule has 7 heteroatoms. The third-order valence-electron chi connectivity index (χ3n) is 1.23. The Bertz CT molecular complexity index is 392. The van der Waals surface area contributed by atoms with Crippen molar-refractivity contribution in [2.24, 2.45) is 0 Å². The van der Waals surface area contributed by atoms with E-state index in [0.29, 0.717) is 0 Å². The lowest BCUT2D eigenvalue weighted by Crippen LogP contribution is -1.95. The third-order valence-corrected chi connectivity index (χ3v) is 1.58. The van der Waals surface area contributed by atoms with Crippen molar-refractivity contribution in [2.75, 3.05) is 0 Å². The zero-order valence-corrected chi connectivity index (χ0v) is 7.14. The van der Waals surface area contributed by atoms with Crippen LogP contribution >= 0.6 is 0 Å². The number of hydrogen-bond donors (Lipinski definition) is 1. The molecular weight excluding hydrogens is 198 g/mol. The van der Waals surface area contributed by atoms with Gasteiger partial charge >= 0.3 is 5.69 Å². The molecule has 0 unspecified atom stereocenters. The lowest BCUT2D eigenvalue weighted by atomic mass is 10.3. The Balaban J connectivity index is 3.11. The molecule has 0 atom stereocenters. The highest BCUT2D eigenvalue weighted by molar-refractivity contribution is 7.67. The van der Waals surface area contributed by atoms with E-state index in [1.165, 1.54) is 18.2 Å². The molecule has 0 fully saturated rings. The molecule has 0 aliphatic rings. The molecule has 0 aromatic heterocycles. The largest absolute Gasteiger partial charge is 0.377 e. The number of nitro groups is 1. The second-order valence-corrected chi connectivity index (χ2v) is 2.67. The molecule has 0 radical (unpaired) electrons. The first-order chi connectivity index (χ1) is 6.11. The Hall–Kier alpha value is -1.63. The van der Waals surface area contributed by atoms with E-state index in [1.807, 2.05) is 0 Å². The number of nitrogens with zero attached hydrogens (tertiary/aromatic N) is 1. The number of nitro benzene ring substituents is 1. The van der Waals surface area contributed by atoms with Gasteiger partial charge in [-0.2, -0.15) is 8.42 Å². The van der Waals surface area contributed by atoms with Crippen LogP contribution in [0.25, 0.3) is 0 Å². The second-order valence-electron chi connectivity index (χ2n) is 2.04. The van der Waals surface area contributed by atoms with Crippen LogP contribution in [0.4, 0.5) is 5.69 Å². The van der Waals surface area contributed by atoms with Gasteiger partial charge in [-0.05, 0) is 6.07 Å². The number of benzene rings is 1. The van der Waals surface area contributed by atoms with Gasteiger partial charge in [-0.1, -0.05) is 12.1 Å². The van der Waals surface area contributed by atoms with Gasteiger partial charge in [-0.25, -0.2) is 0 Å². The summed E-state index contributed by atoms with van der Waals surface area (Å²) in [5.41, 5.74) is -0.373. The van der Waals surface area contributed by atoms with Crippen molar-refractivity contribution in [1.29, 1.82) is 0 Å². The van der Waals surface area contributed by atoms with Gasteiger partial charge in [0.1, 0.15) is 0 Å². The van der Waals surface area contributed by atoms with E-state index in [1.54, 1.807) is 0 Å². The lowest BCUT2D eigenvalue weighted by Gasteiger charge is -1.97. The third kappa shape index (κ3) is 2.41. The zero-order valence-electron chi connectivity index (χ0n) is 6.25. The minimum atomic E-state index is -3.12. The van der Waals surface area contributed by atoms with Crippen LogP contribution in [0.5, 0.6) is 5.75 Å². The van der Waals surface area contributed by atoms with Crippen molar-refractivity contribution < 1.29 is 17.5 Å². The van der Waals surface area contributed by atoms with Gasteiger partial charge < -0.3 is 4.18 Å². The van der Waals surface area contributed by atoms with Gasteiger partial charge in [0.15, 0.2) is 0 Å². The molecule has 6 nitrogen and oxygen atoms in total. The summed E-state index contributed by atoms with van der Waals surface area (Å²) in [5.74, 6) is -0.274.